The van der Waals surface area contributed by atoms with Gasteiger partial charge >= 0.3 is 0 Å². The molecule has 0 saturated carbocycles. The number of phenols is 1. The Labute approximate surface area is 181 Å². The number of quaternary nitrogens is 1. The molecule has 4 rings (SSSR count). The van der Waals surface area contributed by atoms with Crippen LogP contribution < -0.4 is 15.1 Å². The average Bonchev–Trinajstić information content (AvgIpc) is 2.80. The molecule has 1 saturated heterocycles. The van der Waals surface area contributed by atoms with Crippen LogP contribution in [0.2, 0.25) is 0 Å². The minimum atomic E-state index is -0.112. The maximum Gasteiger partial charge on any atom is 0.279 e. The average molecular weight is 417 g/mol. The van der Waals surface area contributed by atoms with E-state index in [1.54, 1.807) is 36.4 Å². The first-order valence-electron chi connectivity index (χ1n) is 10.5. The fourth-order valence-corrected chi connectivity index (χ4v) is 3.93. The number of phenolic OH excluding ortho intramolecular Hbond substituents is 1. The van der Waals surface area contributed by atoms with E-state index in [1.165, 1.54) is 4.90 Å². The quantitative estimate of drug-likeness (QED) is 0.537. The molecular weight excluding hydrogens is 390 g/mol. The summed E-state index contributed by atoms with van der Waals surface area (Å²) in [6, 6.07) is 23.5. The van der Waals surface area contributed by atoms with Gasteiger partial charge in [-0.2, -0.15) is 0 Å². The molecule has 6 nitrogen and oxygen atoms in total. The molecular formula is C25H26N3O3+. The summed E-state index contributed by atoms with van der Waals surface area (Å²) in [5, 5.41) is 13.0. The maximum absolute atomic E-state index is 12.9. The van der Waals surface area contributed by atoms with Crippen molar-refractivity contribution in [2.24, 2.45) is 0 Å². The van der Waals surface area contributed by atoms with E-state index in [-0.39, 0.29) is 17.4 Å². The van der Waals surface area contributed by atoms with Crippen LogP contribution in [0.3, 0.4) is 0 Å². The van der Waals surface area contributed by atoms with E-state index in [0.29, 0.717) is 23.4 Å². The minimum Gasteiger partial charge on any atom is -0.506 e. The molecule has 1 fully saturated rings. The minimum absolute atomic E-state index is 0.111. The van der Waals surface area contributed by atoms with Gasteiger partial charge in [0.2, 0.25) is 0 Å². The number of nitrogens with zero attached hydrogens (tertiary/aromatic N) is 1. The molecule has 0 radical (unpaired) electrons. The van der Waals surface area contributed by atoms with Gasteiger partial charge in [0.25, 0.3) is 5.91 Å². The van der Waals surface area contributed by atoms with Gasteiger partial charge in [0.05, 0.1) is 37.6 Å². The van der Waals surface area contributed by atoms with Gasteiger partial charge in [0, 0.05) is 11.1 Å². The van der Waals surface area contributed by atoms with Crippen LogP contribution in [0.4, 0.5) is 11.4 Å². The van der Waals surface area contributed by atoms with E-state index in [4.69, 9.17) is 0 Å². The Morgan fingerprint density at radius 1 is 0.871 bits per heavy atom. The Bertz CT molecular complexity index is 1060. The van der Waals surface area contributed by atoms with E-state index in [0.717, 1.165) is 31.9 Å². The van der Waals surface area contributed by atoms with E-state index in [1.807, 2.05) is 42.5 Å². The Morgan fingerprint density at radius 3 is 2.26 bits per heavy atom. The summed E-state index contributed by atoms with van der Waals surface area (Å²) >= 11 is 0. The molecule has 0 bridgehead atoms. The zero-order chi connectivity index (χ0) is 21.6. The number of carbonyl (C=O) groups excluding carboxylic acids is 2. The molecule has 3 aromatic rings. The third kappa shape index (κ3) is 4.92. The monoisotopic (exact) mass is 416 g/mol. The highest BCUT2D eigenvalue weighted by molar-refractivity contribution is 6.13. The molecule has 0 aromatic heterocycles. The van der Waals surface area contributed by atoms with Crippen molar-refractivity contribution in [1.29, 1.82) is 0 Å². The summed E-state index contributed by atoms with van der Waals surface area (Å²) in [5.74, 6) is 0.0582. The number of rotatable bonds is 6. The van der Waals surface area contributed by atoms with Crippen LogP contribution in [0.15, 0.2) is 78.9 Å². The molecule has 0 spiro atoms. The first-order valence-corrected chi connectivity index (χ1v) is 10.5. The second-order valence-electron chi connectivity index (χ2n) is 7.69. The second kappa shape index (κ2) is 9.45. The largest absolute Gasteiger partial charge is 0.506 e. The zero-order valence-electron chi connectivity index (χ0n) is 17.3. The fraction of sp³-hybridized carbons (Fsp3) is 0.200. The van der Waals surface area contributed by atoms with Gasteiger partial charge in [-0.25, -0.2) is 0 Å². The summed E-state index contributed by atoms with van der Waals surface area (Å²) in [5.41, 5.74) is 2.45. The lowest BCUT2D eigenvalue weighted by atomic mass is 10.0. The van der Waals surface area contributed by atoms with E-state index in [9.17, 15) is 14.7 Å². The lowest BCUT2D eigenvalue weighted by Crippen LogP contribution is -3.15. The Kier molecular flexibility index (Phi) is 6.29. The van der Waals surface area contributed by atoms with Crippen molar-refractivity contribution in [2.75, 3.05) is 42.9 Å². The highest BCUT2D eigenvalue weighted by Crippen LogP contribution is 2.26. The SMILES string of the molecule is O=C(C[NH+]1CCN(c2ccccc2O)CC1)Nc1ccccc1C(=O)c1ccccc1. The highest BCUT2D eigenvalue weighted by atomic mass is 16.3. The molecule has 1 amide bonds. The Balaban J connectivity index is 1.36. The van der Waals surface area contributed by atoms with Crippen LogP contribution in [0.25, 0.3) is 0 Å². The number of aromatic hydroxyl groups is 1. The van der Waals surface area contributed by atoms with Crippen molar-refractivity contribution in [3.63, 3.8) is 0 Å². The summed E-state index contributed by atoms with van der Waals surface area (Å²) < 4.78 is 0. The number of ketones is 1. The van der Waals surface area contributed by atoms with E-state index < -0.39 is 0 Å². The Hall–Kier alpha value is -3.64. The third-order valence-corrected chi connectivity index (χ3v) is 5.59. The summed E-state index contributed by atoms with van der Waals surface area (Å²) in [4.78, 5) is 28.9. The predicted octanol–water partition coefficient (Wildman–Crippen LogP) is 1.97. The van der Waals surface area contributed by atoms with E-state index >= 15 is 0 Å². The molecule has 1 aliphatic heterocycles. The van der Waals surface area contributed by atoms with Gasteiger partial charge in [-0.3, -0.25) is 9.59 Å². The maximum atomic E-state index is 12.9. The fourth-order valence-electron chi connectivity index (χ4n) is 3.93. The van der Waals surface area contributed by atoms with Crippen molar-refractivity contribution < 1.29 is 19.6 Å². The standard InChI is InChI=1S/C25H25N3O3/c29-23-13-7-6-12-22(23)28-16-14-27(15-17-28)18-24(30)26-21-11-5-4-10-20(21)25(31)19-8-2-1-3-9-19/h1-13,29H,14-18H2,(H,26,30)/p+1. The number of piperazine rings is 1. The number of nitrogens with one attached hydrogen (secondary N) is 2. The number of hydrogen-bond donors (Lipinski definition) is 3. The first-order chi connectivity index (χ1) is 15.1. The topological polar surface area (TPSA) is 74.1 Å². The van der Waals surface area contributed by atoms with Crippen LogP contribution in [0, 0.1) is 0 Å². The summed E-state index contributed by atoms with van der Waals surface area (Å²) in [6.07, 6.45) is 0. The summed E-state index contributed by atoms with van der Waals surface area (Å²) in [7, 11) is 0. The predicted molar refractivity (Wildman–Crippen MR) is 121 cm³/mol. The molecule has 3 N–H and O–H groups in total. The van der Waals surface area contributed by atoms with Gasteiger partial charge in [0.15, 0.2) is 12.3 Å². The molecule has 0 atom stereocenters. The number of benzene rings is 3. The number of para-hydroxylation sites is 3. The molecule has 0 aliphatic carbocycles. The van der Waals surface area contributed by atoms with Crippen molar-refractivity contribution in [3.05, 3.63) is 90.0 Å². The molecule has 0 unspecified atom stereocenters. The molecule has 3 aromatic carbocycles. The van der Waals surface area contributed by atoms with Gasteiger partial charge in [0.1, 0.15) is 5.75 Å². The third-order valence-electron chi connectivity index (χ3n) is 5.59. The van der Waals surface area contributed by atoms with Gasteiger partial charge in [-0.05, 0) is 24.3 Å². The first kappa shape index (κ1) is 20.6. The van der Waals surface area contributed by atoms with Gasteiger partial charge in [-0.15, -0.1) is 0 Å². The van der Waals surface area contributed by atoms with Crippen LogP contribution in [0.5, 0.6) is 5.75 Å². The number of anilines is 2. The number of amides is 1. The lowest BCUT2D eigenvalue weighted by Gasteiger charge is -2.33. The molecule has 158 valence electrons. The zero-order valence-corrected chi connectivity index (χ0v) is 17.3. The molecule has 31 heavy (non-hydrogen) atoms. The number of hydrogen-bond acceptors (Lipinski definition) is 4. The Morgan fingerprint density at radius 2 is 1.52 bits per heavy atom. The van der Waals surface area contributed by atoms with Crippen molar-refractivity contribution >= 4 is 23.1 Å². The van der Waals surface area contributed by atoms with Crippen LogP contribution in [0.1, 0.15) is 15.9 Å². The van der Waals surface area contributed by atoms with Gasteiger partial charge in [-0.1, -0.05) is 54.6 Å². The molecule has 1 heterocycles. The van der Waals surface area contributed by atoms with Crippen LogP contribution in [-0.4, -0.2) is 49.5 Å². The molecule has 1 aliphatic rings. The second-order valence-corrected chi connectivity index (χ2v) is 7.69. The van der Waals surface area contributed by atoms with Crippen molar-refractivity contribution in [1.82, 2.24) is 0 Å². The summed E-state index contributed by atoms with van der Waals surface area (Å²) in [6.45, 7) is 3.47. The molecule has 6 heteroatoms. The van der Waals surface area contributed by atoms with Crippen LogP contribution >= 0.6 is 0 Å². The van der Waals surface area contributed by atoms with Crippen molar-refractivity contribution in [3.8, 4) is 5.75 Å². The smallest absolute Gasteiger partial charge is 0.279 e. The highest BCUT2D eigenvalue weighted by Gasteiger charge is 2.24. The lowest BCUT2D eigenvalue weighted by molar-refractivity contribution is -0.892. The van der Waals surface area contributed by atoms with Gasteiger partial charge < -0.3 is 20.2 Å². The van der Waals surface area contributed by atoms with E-state index in [2.05, 4.69) is 10.2 Å². The number of carbonyl (C=O) groups is 2. The van der Waals surface area contributed by atoms with Crippen LogP contribution in [-0.2, 0) is 4.79 Å². The van der Waals surface area contributed by atoms with Crippen molar-refractivity contribution in [2.45, 2.75) is 0 Å². The normalized spacial score (nSPS) is 14.3.